The molecule has 6 nitrogen and oxygen atoms in total. The smallest absolute Gasteiger partial charge is 0.329 e. The zero-order valence-electron chi connectivity index (χ0n) is 15.0. The number of hydrogen-bond acceptors (Lipinski definition) is 5. The number of hydrogen-bond donors (Lipinski definition) is 2. The summed E-state index contributed by atoms with van der Waals surface area (Å²) < 4.78 is 18.5. The van der Waals surface area contributed by atoms with Gasteiger partial charge >= 0.3 is 5.97 Å². The van der Waals surface area contributed by atoms with Crippen LogP contribution < -0.4 is 10.1 Å². The van der Waals surface area contributed by atoms with Gasteiger partial charge in [-0.25, -0.2) is 14.2 Å². The van der Waals surface area contributed by atoms with Crippen LogP contribution in [0.25, 0.3) is 0 Å². The van der Waals surface area contributed by atoms with E-state index in [0.29, 0.717) is 34.2 Å². The number of thiazole rings is 1. The van der Waals surface area contributed by atoms with Gasteiger partial charge < -0.3 is 15.2 Å². The fraction of sp³-hybridized carbons (Fsp3) is 0.421. The number of amides is 1. The third-order valence-electron chi connectivity index (χ3n) is 4.69. The maximum absolute atomic E-state index is 12.9. The van der Waals surface area contributed by atoms with Crippen molar-refractivity contribution < 1.29 is 23.8 Å². The average Bonchev–Trinajstić information content (AvgIpc) is 3.03. The van der Waals surface area contributed by atoms with Crippen LogP contribution in [-0.2, 0) is 11.4 Å². The minimum Gasteiger partial charge on any atom is -0.486 e. The number of nitrogens with zero attached hydrogens (tertiary/aromatic N) is 1. The van der Waals surface area contributed by atoms with Crippen molar-refractivity contribution >= 4 is 23.2 Å². The lowest BCUT2D eigenvalue weighted by atomic mass is 9.81. The fourth-order valence-corrected chi connectivity index (χ4v) is 4.10. The van der Waals surface area contributed by atoms with Crippen molar-refractivity contribution in [3.63, 3.8) is 0 Å². The summed E-state index contributed by atoms with van der Waals surface area (Å²) in [6, 6.07) is 5.64. The van der Waals surface area contributed by atoms with Gasteiger partial charge in [0.15, 0.2) is 0 Å². The Labute approximate surface area is 160 Å². The van der Waals surface area contributed by atoms with E-state index in [9.17, 15) is 19.1 Å². The number of aromatic nitrogens is 1. The Morgan fingerprint density at radius 2 is 1.93 bits per heavy atom. The maximum Gasteiger partial charge on any atom is 0.329 e. The molecular weight excluding hydrogens is 371 g/mol. The zero-order chi connectivity index (χ0) is 19.4. The molecule has 2 N–H and O–H groups in total. The van der Waals surface area contributed by atoms with Crippen LogP contribution in [0.3, 0.4) is 0 Å². The average molecular weight is 392 g/mol. The molecule has 1 aromatic heterocycles. The van der Waals surface area contributed by atoms with Crippen LogP contribution >= 0.6 is 11.3 Å². The van der Waals surface area contributed by atoms with Gasteiger partial charge in [0.1, 0.15) is 33.6 Å². The van der Waals surface area contributed by atoms with E-state index in [2.05, 4.69) is 10.3 Å². The SMILES string of the molecule is Cc1nc(COc2ccc(F)cc2)sc1C(=O)NC1(C(=O)O)CCCCC1. The lowest BCUT2D eigenvalue weighted by molar-refractivity contribution is -0.145. The number of halogens is 1. The molecule has 1 saturated carbocycles. The zero-order valence-corrected chi connectivity index (χ0v) is 15.8. The number of carboxylic acid groups (broad SMARTS) is 1. The third kappa shape index (κ3) is 4.44. The topological polar surface area (TPSA) is 88.5 Å². The monoisotopic (exact) mass is 392 g/mol. The quantitative estimate of drug-likeness (QED) is 0.783. The van der Waals surface area contributed by atoms with Crippen LogP contribution in [0.5, 0.6) is 5.75 Å². The molecule has 1 aliphatic rings. The second-order valence-electron chi connectivity index (χ2n) is 6.67. The molecule has 0 aliphatic heterocycles. The van der Waals surface area contributed by atoms with Gasteiger partial charge in [0.2, 0.25) is 0 Å². The van der Waals surface area contributed by atoms with Crippen molar-refractivity contribution in [3.05, 3.63) is 45.7 Å². The third-order valence-corrected chi connectivity index (χ3v) is 5.82. The first kappa shape index (κ1) is 19.3. The predicted octanol–water partition coefficient (Wildman–Crippen LogP) is 3.69. The van der Waals surface area contributed by atoms with Gasteiger partial charge in [-0.2, -0.15) is 0 Å². The van der Waals surface area contributed by atoms with Crippen molar-refractivity contribution in [3.8, 4) is 5.75 Å². The van der Waals surface area contributed by atoms with Gasteiger partial charge in [0.25, 0.3) is 5.91 Å². The van der Waals surface area contributed by atoms with Gasteiger partial charge in [-0.1, -0.05) is 19.3 Å². The molecule has 1 aliphatic carbocycles. The van der Waals surface area contributed by atoms with Gasteiger partial charge in [-0.3, -0.25) is 4.79 Å². The van der Waals surface area contributed by atoms with Crippen LogP contribution in [0.1, 0.15) is 52.5 Å². The highest BCUT2D eigenvalue weighted by molar-refractivity contribution is 7.13. The molecule has 2 aromatic rings. The van der Waals surface area contributed by atoms with Gasteiger partial charge in [0.05, 0.1) is 5.69 Å². The Hall–Kier alpha value is -2.48. The van der Waals surface area contributed by atoms with Crippen molar-refractivity contribution in [2.45, 2.75) is 51.2 Å². The molecule has 27 heavy (non-hydrogen) atoms. The second kappa shape index (κ2) is 8.04. The first-order valence-corrected chi connectivity index (χ1v) is 9.62. The summed E-state index contributed by atoms with van der Waals surface area (Å²) in [6.45, 7) is 1.86. The fourth-order valence-electron chi connectivity index (χ4n) is 3.22. The standard InChI is InChI=1S/C19H21FN2O4S/c1-12-16(17(23)22-19(18(24)25)9-3-2-4-10-19)27-15(21-12)11-26-14-7-5-13(20)6-8-14/h5-8H,2-4,9-11H2,1H3,(H,22,23)(H,24,25). The van der Waals surface area contributed by atoms with Gasteiger partial charge in [-0.15, -0.1) is 11.3 Å². The Kier molecular flexibility index (Phi) is 5.74. The van der Waals surface area contributed by atoms with E-state index in [1.807, 2.05) is 0 Å². The van der Waals surface area contributed by atoms with E-state index in [0.717, 1.165) is 19.3 Å². The molecule has 1 aromatic carbocycles. The highest BCUT2D eigenvalue weighted by atomic mass is 32.1. The summed E-state index contributed by atoms with van der Waals surface area (Å²) in [7, 11) is 0. The highest BCUT2D eigenvalue weighted by Crippen LogP contribution is 2.30. The molecule has 3 rings (SSSR count). The first-order chi connectivity index (χ1) is 12.9. The number of carbonyl (C=O) groups excluding carboxylic acids is 1. The lowest BCUT2D eigenvalue weighted by Gasteiger charge is -2.33. The molecule has 0 spiro atoms. The summed E-state index contributed by atoms with van der Waals surface area (Å²) in [5.74, 6) is -1.25. The van der Waals surface area contributed by atoms with Crippen LogP contribution in [0.2, 0.25) is 0 Å². The summed E-state index contributed by atoms with van der Waals surface area (Å²) in [5.41, 5.74) is -0.664. The van der Waals surface area contributed by atoms with Crippen molar-refractivity contribution in [1.29, 1.82) is 0 Å². The molecule has 0 atom stereocenters. The summed E-state index contributed by atoms with van der Waals surface area (Å²) in [6.07, 6.45) is 3.42. The highest BCUT2D eigenvalue weighted by Gasteiger charge is 2.41. The molecule has 0 unspecified atom stereocenters. The van der Waals surface area contributed by atoms with Crippen LogP contribution in [0.15, 0.2) is 24.3 Å². The number of nitrogens with one attached hydrogen (secondary N) is 1. The lowest BCUT2D eigenvalue weighted by Crippen LogP contribution is -2.55. The number of benzene rings is 1. The van der Waals surface area contributed by atoms with Crippen LogP contribution in [0, 0.1) is 12.7 Å². The molecule has 1 heterocycles. The Morgan fingerprint density at radius 3 is 2.56 bits per heavy atom. The normalized spacial score (nSPS) is 15.9. The molecule has 0 saturated heterocycles. The second-order valence-corrected chi connectivity index (χ2v) is 7.75. The minimum absolute atomic E-state index is 0.147. The number of aryl methyl sites for hydroxylation is 1. The molecule has 144 valence electrons. The summed E-state index contributed by atoms with van der Waals surface area (Å²) in [4.78, 5) is 29.1. The number of carboxylic acids is 1. The number of ether oxygens (including phenoxy) is 1. The van der Waals surface area contributed by atoms with Crippen molar-refractivity contribution in [2.24, 2.45) is 0 Å². The number of aliphatic carboxylic acids is 1. The Bertz CT molecular complexity index is 829. The Morgan fingerprint density at radius 1 is 1.26 bits per heavy atom. The molecule has 0 radical (unpaired) electrons. The van der Waals surface area contributed by atoms with E-state index < -0.39 is 17.4 Å². The van der Waals surface area contributed by atoms with Gasteiger partial charge in [-0.05, 0) is 44.0 Å². The number of carbonyl (C=O) groups is 2. The Balaban J connectivity index is 1.68. The van der Waals surface area contributed by atoms with E-state index >= 15 is 0 Å². The minimum atomic E-state index is -1.20. The van der Waals surface area contributed by atoms with Crippen LogP contribution in [-0.4, -0.2) is 27.5 Å². The summed E-state index contributed by atoms with van der Waals surface area (Å²) in [5, 5.41) is 12.9. The van der Waals surface area contributed by atoms with E-state index in [4.69, 9.17) is 4.74 Å². The van der Waals surface area contributed by atoms with Crippen LogP contribution in [0.4, 0.5) is 4.39 Å². The van der Waals surface area contributed by atoms with Gasteiger partial charge in [0, 0.05) is 0 Å². The summed E-state index contributed by atoms with van der Waals surface area (Å²) >= 11 is 1.17. The van der Waals surface area contributed by atoms with Crippen molar-refractivity contribution in [1.82, 2.24) is 10.3 Å². The molecule has 1 fully saturated rings. The molecular formula is C19H21FN2O4S. The van der Waals surface area contributed by atoms with Crippen molar-refractivity contribution in [2.75, 3.05) is 0 Å². The molecule has 8 heteroatoms. The number of rotatable bonds is 6. The van der Waals surface area contributed by atoms with E-state index in [1.54, 1.807) is 6.92 Å². The predicted molar refractivity (Wildman–Crippen MR) is 98.5 cm³/mol. The van der Waals surface area contributed by atoms with E-state index in [-0.39, 0.29) is 12.4 Å². The largest absolute Gasteiger partial charge is 0.486 e. The first-order valence-electron chi connectivity index (χ1n) is 8.80. The molecule has 1 amide bonds. The maximum atomic E-state index is 12.9. The van der Waals surface area contributed by atoms with E-state index in [1.165, 1.54) is 35.6 Å². The molecule has 0 bridgehead atoms.